The Kier molecular flexibility index (Phi) is 3.93. The Labute approximate surface area is 83.4 Å². The lowest BCUT2D eigenvalue weighted by Gasteiger charge is -1.99. The van der Waals surface area contributed by atoms with Gasteiger partial charge in [-0.05, 0) is 37.1 Å². The minimum atomic E-state index is 0.536. The van der Waals surface area contributed by atoms with E-state index in [0.717, 1.165) is 17.5 Å². The fraction of sp³-hybridized carbons (Fsp3) is 0.300. The van der Waals surface area contributed by atoms with Gasteiger partial charge in [0.1, 0.15) is 5.15 Å². The molecule has 1 aromatic rings. The summed E-state index contributed by atoms with van der Waals surface area (Å²) >= 11 is 5.72. The molecule has 0 bridgehead atoms. The molecule has 1 heterocycles. The molecule has 0 atom stereocenters. The van der Waals surface area contributed by atoms with Crippen molar-refractivity contribution in [2.45, 2.75) is 13.3 Å². The third-order valence-corrected chi connectivity index (χ3v) is 1.96. The Morgan fingerprint density at radius 2 is 2.38 bits per heavy atom. The van der Waals surface area contributed by atoms with Gasteiger partial charge >= 0.3 is 0 Å². The zero-order valence-corrected chi connectivity index (χ0v) is 8.38. The molecule has 0 amide bonds. The van der Waals surface area contributed by atoms with Gasteiger partial charge in [0.25, 0.3) is 0 Å². The first-order valence-corrected chi connectivity index (χ1v) is 4.60. The maximum absolute atomic E-state index is 5.72. The Morgan fingerprint density at radius 1 is 1.62 bits per heavy atom. The second-order valence-corrected chi connectivity index (χ2v) is 3.23. The third-order valence-electron chi connectivity index (χ3n) is 1.75. The van der Waals surface area contributed by atoms with Crippen molar-refractivity contribution < 1.29 is 0 Å². The summed E-state index contributed by atoms with van der Waals surface area (Å²) < 4.78 is 0. The molecule has 1 rings (SSSR count). The number of nitrogens with two attached hydrogens (primary N) is 1. The second kappa shape index (κ2) is 5.00. The molecule has 2 nitrogen and oxygen atoms in total. The minimum absolute atomic E-state index is 0.536. The van der Waals surface area contributed by atoms with Gasteiger partial charge in [0, 0.05) is 6.20 Å². The summed E-state index contributed by atoms with van der Waals surface area (Å²) in [7, 11) is 0. The summed E-state index contributed by atoms with van der Waals surface area (Å²) in [6.45, 7) is 2.69. The van der Waals surface area contributed by atoms with Gasteiger partial charge in [0.05, 0.1) is 0 Å². The van der Waals surface area contributed by atoms with Gasteiger partial charge in [-0.2, -0.15) is 0 Å². The van der Waals surface area contributed by atoms with Crippen LogP contribution in [0, 0.1) is 6.92 Å². The Hall–Kier alpha value is -0.860. The normalized spacial score (nSPS) is 11.0. The summed E-state index contributed by atoms with van der Waals surface area (Å²) in [4.78, 5) is 4.00. The molecule has 13 heavy (non-hydrogen) atoms. The molecule has 0 saturated carbocycles. The van der Waals surface area contributed by atoms with Crippen LogP contribution in [0.1, 0.15) is 17.5 Å². The number of rotatable bonds is 3. The predicted octanol–water partition coefficient (Wildman–Crippen LogP) is 2.41. The number of nitrogens with zero attached hydrogens (tertiary/aromatic N) is 1. The number of aromatic nitrogens is 1. The van der Waals surface area contributed by atoms with Gasteiger partial charge in [0.15, 0.2) is 0 Å². The van der Waals surface area contributed by atoms with Gasteiger partial charge in [-0.3, -0.25) is 0 Å². The summed E-state index contributed by atoms with van der Waals surface area (Å²) in [6.07, 6.45) is 6.72. The summed E-state index contributed by atoms with van der Waals surface area (Å²) in [5.74, 6) is 0. The van der Waals surface area contributed by atoms with Crippen molar-refractivity contribution in [1.29, 1.82) is 0 Å². The molecule has 1 aromatic heterocycles. The van der Waals surface area contributed by atoms with Crippen molar-refractivity contribution in [3.8, 4) is 0 Å². The largest absolute Gasteiger partial charge is 0.330 e. The first kappa shape index (κ1) is 10.2. The van der Waals surface area contributed by atoms with Gasteiger partial charge in [0.2, 0.25) is 0 Å². The van der Waals surface area contributed by atoms with E-state index in [1.807, 2.05) is 25.1 Å². The standard InChI is InChI=1S/C10H13ClN2/c1-8-6-10(11)13-7-9(8)4-2-3-5-12/h2,4,6-7H,3,5,12H2,1H3. The molecule has 70 valence electrons. The van der Waals surface area contributed by atoms with E-state index in [0.29, 0.717) is 11.7 Å². The Bertz CT molecular complexity index is 308. The van der Waals surface area contributed by atoms with Gasteiger partial charge in [-0.15, -0.1) is 0 Å². The lowest BCUT2D eigenvalue weighted by Crippen LogP contribution is -1.95. The molecule has 0 spiro atoms. The lowest BCUT2D eigenvalue weighted by molar-refractivity contribution is 1.01. The third kappa shape index (κ3) is 3.17. The maximum atomic E-state index is 5.72. The first-order valence-electron chi connectivity index (χ1n) is 4.23. The van der Waals surface area contributed by atoms with Crippen LogP contribution in [0.25, 0.3) is 6.08 Å². The predicted molar refractivity (Wildman–Crippen MR) is 56.7 cm³/mol. The topological polar surface area (TPSA) is 38.9 Å². The highest BCUT2D eigenvalue weighted by Crippen LogP contribution is 2.13. The minimum Gasteiger partial charge on any atom is -0.330 e. The van der Waals surface area contributed by atoms with E-state index in [1.165, 1.54) is 0 Å². The van der Waals surface area contributed by atoms with E-state index in [9.17, 15) is 0 Å². The lowest BCUT2D eigenvalue weighted by atomic mass is 10.1. The summed E-state index contributed by atoms with van der Waals surface area (Å²) in [6, 6.07) is 1.85. The summed E-state index contributed by atoms with van der Waals surface area (Å²) in [5, 5.41) is 0.536. The van der Waals surface area contributed by atoms with Gasteiger partial charge in [-0.1, -0.05) is 23.8 Å². The zero-order valence-electron chi connectivity index (χ0n) is 7.63. The van der Waals surface area contributed by atoms with Crippen LogP contribution in [0.5, 0.6) is 0 Å². The van der Waals surface area contributed by atoms with Crippen LogP contribution in [0.15, 0.2) is 18.3 Å². The van der Waals surface area contributed by atoms with Crippen LogP contribution in [0.2, 0.25) is 5.15 Å². The smallest absolute Gasteiger partial charge is 0.129 e. The Morgan fingerprint density at radius 3 is 3.00 bits per heavy atom. The van der Waals surface area contributed by atoms with E-state index < -0.39 is 0 Å². The van der Waals surface area contributed by atoms with Gasteiger partial charge in [-0.25, -0.2) is 4.98 Å². The van der Waals surface area contributed by atoms with Crippen molar-refractivity contribution in [2.75, 3.05) is 6.54 Å². The molecule has 0 aliphatic carbocycles. The van der Waals surface area contributed by atoms with Gasteiger partial charge < -0.3 is 5.73 Å². The number of hydrogen-bond acceptors (Lipinski definition) is 2. The SMILES string of the molecule is Cc1cc(Cl)ncc1C=CCCN. The monoisotopic (exact) mass is 196 g/mol. The highest BCUT2D eigenvalue weighted by Gasteiger charge is 1.95. The van der Waals surface area contributed by atoms with Crippen LogP contribution in [0.4, 0.5) is 0 Å². The number of aryl methyl sites for hydroxylation is 1. The van der Waals surface area contributed by atoms with Crippen molar-refractivity contribution >= 4 is 17.7 Å². The molecular formula is C10H13ClN2. The van der Waals surface area contributed by atoms with E-state index in [4.69, 9.17) is 17.3 Å². The highest BCUT2D eigenvalue weighted by molar-refractivity contribution is 6.29. The zero-order chi connectivity index (χ0) is 9.68. The first-order chi connectivity index (χ1) is 6.24. The summed E-state index contributed by atoms with van der Waals surface area (Å²) in [5.41, 5.74) is 7.59. The molecule has 0 radical (unpaired) electrons. The fourth-order valence-corrected chi connectivity index (χ4v) is 1.23. The quantitative estimate of drug-likeness (QED) is 0.755. The molecule has 0 fully saturated rings. The molecular weight excluding hydrogens is 184 g/mol. The average molecular weight is 197 g/mol. The van der Waals surface area contributed by atoms with E-state index in [-0.39, 0.29) is 0 Å². The number of hydrogen-bond donors (Lipinski definition) is 1. The van der Waals surface area contributed by atoms with E-state index in [2.05, 4.69) is 4.98 Å². The van der Waals surface area contributed by atoms with Crippen molar-refractivity contribution in [2.24, 2.45) is 5.73 Å². The molecule has 0 aromatic carbocycles. The van der Waals surface area contributed by atoms with E-state index in [1.54, 1.807) is 6.20 Å². The second-order valence-electron chi connectivity index (χ2n) is 2.84. The number of pyridine rings is 1. The maximum Gasteiger partial charge on any atom is 0.129 e. The molecule has 0 aliphatic rings. The van der Waals surface area contributed by atoms with Crippen LogP contribution >= 0.6 is 11.6 Å². The molecule has 3 heteroatoms. The molecule has 0 aliphatic heterocycles. The average Bonchev–Trinajstić information content (AvgIpc) is 2.09. The fourth-order valence-electron chi connectivity index (χ4n) is 1.01. The van der Waals surface area contributed by atoms with Crippen LogP contribution in [-0.2, 0) is 0 Å². The van der Waals surface area contributed by atoms with Crippen LogP contribution < -0.4 is 5.73 Å². The van der Waals surface area contributed by atoms with Crippen molar-refractivity contribution in [3.63, 3.8) is 0 Å². The van der Waals surface area contributed by atoms with Crippen molar-refractivity contribution in [1.82, 2.24) is 4.98 Å². The molecule has 2 N–H and O–H groups in total. The highest BCUT2D eigenvalue weighted by atomic mass is 35.5. The number of halogens is 1. The molecule has 0 unspecified atom stereocenters. The van der Waals surface area contributed by atoms with Crippen LogP contribution in [-0.4, -0.2) is 11.5 Å². The van der Waals surface area contributed by atoms with Crippen LogP contribution in [0.3, 0.4) is 0 Å². The van der Waals surface area contributed by atoms with E-state index >= 15 is 0 Å². The van der Waals surface area contributed by atoms with Crippen molar-refractivity contribution in [3.05, 3.63) is 34.6 Å². The Balaban J connectivity index is 2.77. The molecule has 0 saturated heterocycles.